The van der Waals surface area contributed by atoms with Gasteiger partial charge < -0.3 is 4.52 Å². The molecule has 0 bridgehead atoms. The number of aryl methyl sites for hydroxylation is 1. The molecule has 26 heavy (non-hydrogen) atoms. The highest BCUT2D eigenvalue weighted by molar-refractivity contribution is 5.81. The summed E-state index contributed by atoms with van der Waals surface area (Å²) in [5.41, 5.74) is 2.49. The molecule has 0 saturated carbocycles. The molecule has 0 amide bonds. The van der Waals surface area contributed by atoms with Crippen LogP contribution in [-0.4, -0.2) is 56.3 Å². The van der Waals surface area contributed by atoms with E-state index in [0.717, 1.165) is 43.9 Å². The molecule has 1 aliphatic rings. The third-order valence-corrected chi connectivity index (χ3v) is 5.33. The van der Waals surface area contributed by atoms with Gasteiger partial charge in [-0.25, -0.2) is 0 Å². The summed E-state index contributed by atoms with van der Waals surface area (Å²) in [4.78, 5) is 9.25. The number of nitrogens with one attached hydrogen (secondary N) is 1. The first-order chi connectivity index (χ1) is 12.7. The van der Waals surface area contributed by atoms with E-state index < -0.39 is 0 Å². The SMILES string of the molecule is Cc1nc(CN(C)C2CCCN(Cc3cccc4cn[nH]c34)CC2)no1. The molecule has 1 fully saturated rings. The molecule has 0 radical (unpaired) electrons. The van der Waals surface area contributed by atoms with E-state index in [0.29, 0.717) is 11.9 Å². The lowest BCUT2D eigenvalue weighted by atomic mass is 10.1. The summed E-state index contributed by atoms with van der Waals surface area (Å²) in [5, 5.41) is 12.5. The van der Waals surface area contributed by atoms with Crippen LogP contribution in [0.25, 0.3) is 10.9 Å². The predicted octanol–water partition coefficient (Wildman–Crippen LogP) is 2.74. The summed E-state index contributed by atoms with van der Waals surface area (Å²) >= 11 is 0. The van der Waals surface area contributed by atoms with Crippen LogP contribution in [0.15, 0.2) is 28.9 Å². The van der Waals surface area contributed by atoms with E-state index in [1.54, 1.807) is 0 Å². The predicted molar refractivity (Wildman–Crippen MR) is 99.5 cm³/mol. The highest BCUT2D eigenvalue weighted by Crippen LogP contribution is 2.21. The molecular formula is C19H26N6O. The van der Waals surface area contributed by atoms with Gasteiger partial charge in [-0.05, 0) is 45.0 Å². The van der Waals surface area contributed by atoms with Crippen LogP contribution in [0.3, 0.4) is 0 Å². The van der Waals surface area contributed by atoms with E-state index in [9.17, 15) is 0 Å². The van der Waals surface area contributed by atoms with Crippen molar-refractivity contribution in [3.63, 3.8) is 0 Å². The topological polar surface area (TPSA) is 74.1 Å². The van der Waals surface area contributed by atoms with E-state index >= 15 is 0 Å². The molecule has 2 aromatic heterocycles. The Bertz CT molecular complexity index is 856. The Morgan fingerprint density at radius 2 is 2.23 bits per heavy atom. The molecule has 1 aromatic carbocycles. The van der Waals surface area contributed by atoms with Gasteiger partial charge in [-0.2, -0.15) is 10.1 Å². The summed E-state index contributed by atoms with van der Waals surface area (Å²) < 4.78 is 5.09. The number of aromatic nitrogens is 4. The average Bonchev–Trinajstić information content (AvgIpc) is 3.20. The molecule has 4 rings (SSSR count). The molecule has 7 heteroatoms. The zero-order valence-corrected chi connectivity index (χ0v) is 15.5. The molecule has 1 N–H and O–H groups in total. The Hall–Kier alpha value is -2.25. The van der Waals surface area contributed by atoms with Gasteiger partial charge in [0.2, 0.25) is 5.89 Å². The minimum absolute atomic E-state index is 0.557. The van der Waals surface area contributed by atoms with Gasteiger partial charge in [0.05, 0.1) is 18.3 Å². The lowest BCUT2D eigenvalue weighted by Crippen LogP contribution is -2.33. The van der Waals surface area contributed by atoms with Crippen molar-refractivity contribution in [3.05, 3.63) is 41.7 Å². The number of para-hydroxylation sites is 1. The van der Waals surface area contributed by atoms with E-state index in [2.05, 4.69) is 55.4 Å². The number of hydrogen-bond acceptors (Lipinski definition) is 6. The third kappa shape index (κ3) is 3.78. The molecule has 3 heterocycles. The fourth-order valence-corrected chi connectivity index (χ4v) is 3.90. The van der Waals surface area contributed by atoms with Crippen molar-refractivity contribution >= 4 is 10.9 Å². The Kier molecular flexibility index (Phi) is 4.99. The Labute approximate surface area is 153 Å². The summed E-state index contributed by atoms with van der Waals surface area (Å²) in [6.07, 6.45) is 5.47. The first-order valence-electron chi connectivity index (χ1n) is 9.32. The number of fused-ring (bicyclic) bond motifs is 1. The fraction of sp³-hybridized carbons (Fsp3) is 0.526. The number of benzene rings is 1. The standard InChI is InChI=1S/C19H26N6O/c1-14-21-18(23-26-14)13-24(2)17-7-4-9-25(10-8-17)12-16-6-3-5-15-11-20-22-19(15)16/h3,5-6,11,17H,4,7-10,12-13H2,1-2H3,(H,20,22). The number of hydrogen-bond donors (Lipinski definition) is 1. The van der Waals surface area contributed by atoms with E-state index in [1.807, 2.05) is 13.1 Å². The number of aromatic amines is 1. The minimum Gasteiger partial charge on any atom is -0.340 e. The van der Waals surface area contributed by atoms with Crippen molar-refractivity contribution in [1.82, 2.24) is 30.1 Å². The maximum absolute atomic E-state index is 5.09. The summed E-state index contributed by atoms with van der Waals surface area (Å²) in [7, 11) is 2.16. The zero-order chi connectivity index (χ0) is 17.9. The van der Waals surface area contributed by atoms with Crippen LogP contribution in [-0.2, 0) is 13.1 Å². The maximum Gasteiger partial charge on any atom is 0.223 e. The van der Waals surface area contributed by atoms with Crippen molar-refractivity contribution in [2.24, 2.45) is 0 Å². The summed E-state index contributed by atoms with van der Waals surface area (Å²) in [6.45, 7) is 5.79. The van der Waals surface area contributed by atoms with Crippen LogP contribution in [0.5, 0.6) is 0 Å². The fourth-order valence-electron chi connectivity index (χ4n) is 3.90. The number of nitrogens with zero attached hydrogens (tertiary/aromatic N) is 5. The highest BCUT2D eigenvalue weighted by atomic mass is 16.5. The van der Waals surface area contributed by atoms with Crippen LogP contribution >= 0.6 is 0 Å². The van der Waals surface area contributed by atoms with Crippen molar-refractivity contribution in [3.8, 4) is 0 Å². The number of likely N-dealkylation sites (tertiary alicyclic amines) is 1. The second-order valence-electron chi connectivity index (χ2n) is 7.26. The van der Waals surface area contributed by atoms with Gasteiger partial charge in [0.25, 0.3) is 0 Å². The maximum atomic E-state index is 5.09. The molecule has 1 atom stereocenters. The lowest BCUT2D eigenvalue weighted by Gasteiger charge is -2.26. The minimum atomic E-state index is 0.557. The molecule has 0 spiro atoms. The van der Waals surface area contributed by atoms with E-state index in [-0.39, 0.29) is 0 Å². The first-order valence-corrected chi connectivity index (χ1v) is 9.32. The third-order valence-electron chi connectivity index (χ3n) is 5.33. The number of rotatable bonds is 5. The first kappa shape index (κ1) is 17.2. The molecule has 1 unspecified atom stereocenters. The van der Waals surface area contributed by atoms with Gasteiger partial charge in [0.1, 0.15) is 0 Å². The monoisotopic (exact) mass is 354 g/mol. The van der Waals surface area contributed by atoms with Crippen LogP contribution in [0.4, 0.5) is 0 Å². The van der Waals surface area contributed by atoms with Gasteiger partial charge in [-0.15, -0.1) is 0 Å². The van der Waals surface area contributed by atoms with Gasteiger partial charge in [-0.1, -0.05) is 23.4 Å². The highest BCUT2D eigenvalue weighted by Gasteiger charge is 2.22. The quantitative estimate of drug-likeness (QED) is 0.759. The Balaban J connectivity index is 1.36. The molecule has 0 aliphatic carbocycles. The molecule has 1 aliphatic heterocycles. The van der Waals surface area contributed by atoms with Crippen molar-refractivity contribution in [2.45, 2.75) is 45.3 Å². The smallest absolute Gasteiger partial charge is 0.223 e. The van der Waals surface area contributed by atoms with Crippen LogP contribution in [0, 0.1) is 6.92 Å². The largest absolute Gasteiger partial charge is 0.340 e. The van der Waals surface area contributed by atoms with Crippen molar-refractivity contribution in [1.29, 1.82) is 0 Å². The Morgan fingerprint density at radius 3 is 3.08 bits per heavy atom. The normalized spacial score (nSPS) is 19.3. The van der Waals surface area contributed by atoms with Crippen LogP contribution in [0.2, 0.25) is 0 Å². The molecule has 1 saturated heterocycles. The van der Waals surface area contributed by atoms with Gasteiger partial charge >= 0.3 is 0 Å². The van der Waals surface area contributed by atoms with Gasteiger partial charge in [-0.3, -0.25) is 14.9 Å². The van der Waals surface area contributed by atoms with Crippen molar-refractivity contribution in [2.75, 3.05) is 20.1 Å². The van der Waals surface area contributed by atoms with Gasteiger partial charge in [0, 0.05) is 24.9 Å². The average molecular weight is 354 g/mol. The molecular weight excluding hydrogens is 328 g/mol. The van der Waals surface area contributed by atoms with Gasteiger partial charge in [0.15, 0.2) is 5.82 Å². The molecule has 7 nitrogen and oxygen atoms in total. The molecule has 3 aromatic rings. The number of H-pyrrole nitrogens is 1. The zero-order valence-electron chi connectivity index (χ0n) is 15.5. The van der Waals surface area contributed by atoms with Crippen LogP contribution < -0.4 is 0 Å². The summed E-state index contributed by atoms with van der Waals surface area (Å²) in [6, 6.07) is 6.99. The second-order valence-corrected chi connectivity index (χ2v) is 7.26. The lowest BCUT2D eigenvalue weighted by molar-refractivity contribution is 0.200. The summed E-state index contributed by atoms with van der Waals surface area (Å²) in [5.74, 6) is 1.41. The second kappa shape index (κ2) is 7.55. The van der Waals surface area contributed by atoms with E-state index in [4.69, 9.17) is 4.52 Å². The molecule has 138 valence electrons. The van der Waals surface area contributed by atoms with E-state index in [1.165, 1.54) is 23.8 Å². The van der Waals surface area contributed by atoms with Crippen LogP contribution in [0.1, 0.15) is 36.5 Å². The Morgan fingerprint density at radius 1 is 1.31 bits per heavy atom. The van der Waals surface area contributed by atoms with Crippen molar-refractivity contribution < 1.29 is 4.52 Å².